The molecule has 0 amide bonds. The molecule has 2 aromatic carbocycles. The molecular weight excluding hydrogens is 484 g/mol. The molecule has 2 heterocycles. The van der Waals surface area contributed by atoms with Crippen molar-refractivity contribution in [3.05, 3.63) is 89.5 Å². The molecule has 0 fully saturated rings. The van der Waals surface area contributed by atoms with Crippen LogP contribution in [0.25, 0.3) is 0 Å². The van der Waals surface area contributed by atoms with Gasteiger partial charge in [0.2, 0.25) is 0 Å². The third-order valence-electron chi connectivity index (χ3n) is 5.14. The van der Waals surface area contributed by atoms with E-state index < -0.39 is 5.97 Å². The van der Waals surface area contributed by atoms with Gasteiger partial charge in [0.1, 0.15) is 6.61 Å². The number of thiophene rings is 1. The molecule has 1 atom stereocenters. The maximum Gasteiger partial charge on any atom is 0.341 e. The Hall–Kier alpha value is -1.27. The Morgan fingerprint density at radius 3 is 2.57 bits per heavy atom. The second-order valence-corrected chi connectivity index (χ2v) is 9.62. The maximum atomic E-state index is 12.7. The number of benzene rings is 2. The van der Waals surface area contributed by atoms with E-state index in [1.165, 1.54) is 10.4 Å². The van der Waals surface area contributed by atoms with Crippen molar-refractivity contribution < 1.29 is 9.53 Å². The molecule has 0 aliphatic carbocycles. The summed E-state index contributed by atoms with van der Waals surface area (Å²) >= 11 is 26.7. The Morgan fingerprint density at radius 2 is 1.83 bits per heavy atom. The predicted molar refractivity (Wildman–Crippen MR) is 124 cm³/mol. The standard InChI is InChI=1S/C22H17Cl4NO2S/c23-14-4-5-15(18(26)10-14)19(27-8-6-20-13(11-27)7-9-30-20)12-29-22(28)21-16(24)2-1-3-17(21)25/h1-5,7,9-10,19H,6,8,11-12H2. The van der Waals surface area contributed by atoms with E-state index in [4.69, 9.17) is 51.1 Å². The van der Waals surface area contributed by atoms with E-state index in [-0.39, 0.29) is 28.3 Å². The molecule has 1 aromatic heterocycles. The summed E-state index contributed by atoms with van der Waals surface area (Å²) in [5, 5.41) is 3.72. The summed E-state index contributed by atoms with van der Waals surface area (Å²) in [6.45, 7) is 1.70. The Labute approximate surface area is 199 Å². The molecule has 3 aromatic rings. The SMILES string of the molecule is O=C(OCC(c1ccc(Cl)cc1Cl)N1CCc2sccc2C1)c1c(Cl)cccc1Cl. The minimum absolute atomic E-state index is 0.112. The van der Waals surface area contributed by atoms with Crippen molar-refractivity contribution in [1.82, 2.24) is 4.90 Å². The van der Waals surface area contributed by atoms with Gasteiger partial charge in [-0.3, -0.25) is 4.90 Å². The van der Waals surface area contributed by atoms with E-state index >= 15 is 0 Å². The van der Waals surface area contributed by atoms with Crippen LogP contribution in [-0.4, -0.2) is 24.0 Å². The van der Waals surface area contributed by atoms with Crippen LogP contribution in [0.5, 0.6) is 0 Å². The summed E-state index contributed by atoms with van der Waals surface area (Å²) in [5.41, 5.74) is 2.32. The number of carbonyl (C=O) groups is 1. The van der Waals surface area contributed by atoms with Crippen molar-refractivity contribution in [3.8, 4) is 0 Å². The smallest absolute Gasteiger partial charge is 0.341 e. The fraction of sp³-hybridized carbons (Fsp3) is 0.227. The summed E-state index contributed by atoms with van der Waals surface area (Å²) < 4.78 is 5.68. The zero-order chi connectivity index (χ0) is 21.3. The van der Waals surface area contributed by atoms with Gasteiger partial charge in [0.15, 0.2) is 0 Å². The van der Waals surface area contributed by atoms with Crippen molar-refractivity contribution in [1.29, 1.82) is 0 Å². The number of esters is 1. The highest BCUT2D eigenvalue weighted by Crippen LogP contribution is 2.35. The number of ether oxygens (including phenoxy) is 1. The van der Waals surface area contributed by atoms with Gasteiger partial charge in [0, 0.05) is 28.0 Å². The molecule has 0 saturated carbocycles. The number of nitrogens with zero attached hydrogens (tertiary/aromatic N) is 1. The van der Waals surface area contributed by atoms with E-state index in [1.807, 2.05) is 6.07 Å². The molecule has 0 radical (unpaired) electrons. The predicted octanol–water partition coefficient (Wildman–Crippen LogP) is 7.32. The molecule has 0 saturated heterocycles. The Kier molecular flexibility index (Phi) is 6.93. The first-order valence-corrected chi connectivity index (χ1v) is 11.7. The lowest BCUT2D eigenvalue weighted by Crippen LogP contribution is -2.36. The van der Waals surface area contributed by atoms with Crippen LogP contribution in [0.3, 0.4) is 0 Å². The van der Waals surface area contributed by atoms with E-state index in [9.17, 15) is 4.79 Å². The van der Waals surface area contributed by atoms with E-state index in [0.29, 0.717) is 10.0 Å². The van der Waals surface area contributed by atoms with Gasteiger partial charge in [-0.25, -0.2) is 4.79 Å². The molecule has 30 heavy (non-hydrogen) atoms. The monoisotopic (exact) mass is 499 g/mol. The summed E-state index contributed by atoms with van der Waals surface area (Å²) in [5.74, 6) is -0.561. The van der Waals surface area contributed by atoms with Gasteiger partial charge in [-0.2, -0.15) is 0 Å². The van der Waals surface area contributed by atoms with E-state index in [1.54, 1.807) is 41.7 Å². The van der Waals surface area contributed by atoms with Gasteiger partial charge in [-0.1, -0.05) is 58.5 Å². The average molecular weight is 501 g/mol. The van der Waals surface area contributed by atoms with Crippen molar-refractivity contribution in [2.45, 2.75) is 19.0 Å². The van der Waals surface area contributed by atoms with Crippen LogP contribution in [0.2, 0.25) is 20.1 Å². The van der Waals surface area contributed by atoms with Crippen molar-refractivity contribution in [2.24, 2.45) is 0 Å². The molecule has 156 valence electrons. The molecular formula is C22H17Cl4NO2S. The number of carbonyl (C=O) groups excluding carboxylic acids is 1. The van der Waals surface area contributed by atoms with Crippen LogP contribution in [0, 0.1) is 0 Å². The first-order chi connectivity index (χ1) is 14.4. The zero-order valence-corrected chi connectivity index (χ0v) is 19.5. The van der Waals surface area contributed by atoms with Gasteiger partial charge in [0.05, 0.1) is 21.7 Å². The lowest BCUT2D eigenvalue weighted by atomic mass is 10.0. The minimum atomic E-state index is -0.561. The number of fused-ring (bicyclic) bond motifs is 1. The van der Waals surface area contributed by atoms with Crippen LogP contribution < -0.4 is 0 Å². The summed E-state index contributed by atoms with van der Waals surface area (Å²) in [4.78, 5) is 16.4. The second kappa shape index (κ2) is 9.47. The highest BCUT2D eigenvalue weighted by molar-refractivity contribution is 7.10. The van der Waals surface area contributed by atoms with Crippen LogP contribution >= 0.6 is 57.7 Å². The molecule has 8 heteroatoms. The Morgan fingerprint density at radius 1 is 1.07 bits per heavy atom. The van der Waals surface area contributed by atoms with E-state index in [0.717, 1.165) is 25.1 Å². The Bertz CT molecular complexity index is 1060. The summed E-state index contributed by atoms with van der Waals surface area (Å²) in [6, 6.07) is 12.2. The third kappa shape index (κ3) is 4.64. The van der Waals surface area contributed by atoms with Gasteiger partial charge < -0.3 is 4.74 Å². The second-order valence-electron chi connectivity index (χ2n) is 6.97. The molecule has 3 nitrogen and oxygen atoms in total. The number of hydrogen-bond donors (Lipinski definition) is 0. The quantitative estimate of drug-likeness (QED) is 0.343. The molecule has 1 aliphatic rings. The zero-order valence-electron chi connectivity index (χ0n) is 15.7. The van der Waals surface area contributed by atoms with Crippen LogP contribution in [0.15, 0.2) is 47.8 Å². The van der Waals surface area contributed by atoms with Crippen molar-refractivity contribution >= 4 is 63.7 Å². The van der Waals surface area contributed by atoms with Crippen molar-refractivity contribution in [3.63, 3.8) is 0 Å². The largest absolute Gasteiger partial charge is 0.460 e. The number of rotatable bonds is 5. The first kappa shape index (κ1) is 21.9. The molecule has 4 rings (SSSR count). The molecule has 0 bridgehead atoms. The average Bonchev–Trinajstić information content (AvgIpc) is 3.17. The highest BCUT2D eigenvalue weighted by atomic mass is 35.5. The molecule has 1 aliphatic heterocycles. The van der Waals surface area contributed by atoms with Gasteiger partial charge >= 0.3 is 5.97 Å². The minimum Gasteiger partial charge on any atom is -0.460 e. The number of halogens is 4. The molecule has 0 N–H and O–H groups in total. The Balaban J connectivity index is 1.60. The highest BCUT2D eigenvalue weighted by Gasteiger charge is 2.29. The van der Waals surface area contributed by atoms with Crippen LogP contribution in [0.1, 0.15) is 32.4 Å². The fourth-order valence-electron chi connectivity index (χ4n) is 3.62. The summed E-state index contributed by atoms with van der Waals surface area (Å²) in [6.07, 6.45) is 0.943. The van der Waals surface area contributed by atoms with Gasteiger partial charge in [-0.05, 0) is 53.3 Å². The fourth-order valence-corrected chi connectivity index (χ4v) is 5.60. The lowest BCUT2D eigenvalue weighted by molar-refractivity contribution is 0.0326. The van der Waals surface area contributed by atoms with Crippen molar-refractivity contribution in [2.75, 3.05) is 13.2 Å². The molecule has 1 unspecified atom stereocenters. The first-order valence-electron chi connectivity index (χ1n) is 9.29. The lowest BCUT2D eigenvalue weighted by Gasteiger charge is -2.35. The van der Waals surface area contributed by atoms with Gasteiger partial charge in [-0.15, -0.1) is 11.3 Å². The topological polar surface area (TPSA) is 29.5 Å². The van der Waals surface area contributed by atoms with Crippen LogP contribution in [-0.2, 0) is 17.7 Å². The maximum absolute atomic E-state index is 12.7. The normalized spacial score (nSPS) is 14.9. The number of hydrogen-bond acceptors (Lipinski definition) is 4. The summed E-state index contributed by atoms with van der Waals surface area (Å²) in [7, 11) is 0. The molecule has 0 spiro atoms. The van der Waals surface area contributed by atoms with Gasteiger partial charge in [0.25, 0.3) is 0 Å². The third-order valence-corrected chi connectivity index (χ3v) is 7.35. The van der Waals surface area contributed by atoms with Crippen LogP contribution in [0.4, 0.5) is 0 Å². The van der Waals surface area contributed by atoms with E-state index in [2.05, 4.69) is 16.3 Å².